The molecule has 76 valence electrons. The van der Waals surface area contributed by atoms with E-state index in [9.17, 15) is 4.79 Å². The first kappa shape index (κ1) is 9.53. The van der Waals surface area contributed by atoms with Crippen molar-refractivity contribution >= 4 is 11.8 Å². The highest BCUT2D eigenvalue weighted by Crippen LogP contribution is 2.24. The molecule has 1 heterocycles. The summed E-state index contributed by atoms with van der Waals surface area (Å²) in [5.41, 5.74) is 1.80. The molecule has 1 amide bonds. The van der Waals surface area contributed by atoms with Crippen LogP contribution in [0.5, 0.6) is 0 Å². The van der Waals surface area contributed by atoms with Gasteiger partial charge < -0.3 is 4.74 Å². The Morgan fingerprint density at radius 3 is 2.87 bits per heavy atom. The Morgan fingerprint density at radius 1 is 1.53 bits per heavy atom. The molecule has 1 aliphatic heterocycles. The molecule has 0 aliphatic carbocycles. The van der Waals surface area contributed by atoms with E-state index in [1.54, 1.807) is 0 Å². The van der Waals surface area contributed by atoms with Crippen LogP contribution in [0.25, 0.3) is 0 Å². The smallest absolute Gasteiger partial charge is 0.415 e. The summed E-state index contributed by atoms with van der Waals surface area (Å²) in [6, 6.07) is 9.45. The Labute approximate surface area is 87.7 Å². The van der Waals surface area contributed by atoms with Gasteiger partial charge >= 0.3 is 6.09 Å². The predicted octanol–water partition coefficient (Wildman–Crippen LogP) is 1.84. The van der Waals surface area contributed by atoms with Crippen molar-refractivity contribution in [2.75, 3.05) is 11.4 Å². The normalized spacial score (nSPS) is 19.9. The largest absolute Gasteiger partial charge is 0.428 e. The van der Waals surface area contributed by atoms with Crippen molar-refractivity contribution in [2.45, 2.75) is 13.0 Å². The number of anilines is 1. The maximum atomic E-state index is 11.4. The molecule has 0 radical (unpaired) electrons. The summed E-state index contributed by atoms with van der Waals surface area (Å²) < 4.78 is 4.86. The minimum absolute atomic E-state index is 0.306. The minimum atomic E-state index is -0.655. The predicted molar refractivity (Wildman–Crippen MR) is 54.4 cm³/mol. The van der Waals surface area contributed by atoms with Gasteiger partial charge in [0, 0.05) is 0 Å². The van der Waals surface area contributed by atoms with Gasteiger partial charge in [0.2, 0.25) is 6.10 Å². The summed E-state index contributed by atoms with van der Waals surface area (Å²) in [5, 5.41) is 8.66. The van der Waals surface area contributed by atoms with E-state index in [0.717, 1.165) is 11.3 Å². The van der Waals surface area contributed by atoms with Crippen LogP contribution in [0.1, 0.15) is 5.56 Å². The molecule has 1 unspecified atom stereocenters. The first-order valence-electron chi connectivity index (χ1n) is 4.66. The molecular formula is C11H10N2O2. The van der Waals surface area contributed by atoms with E-state index >= 15 is 0 Å². The van der Waals surface area contributed by atoms with Gasteiger partial charge in [0.15, 0.2) is 0 Å². The Hall–Kier alpha value is -2.02. The van der Waals surface area contributed by atoms with Crippen molar-refractivity contribution in [3.63, 3.8) is 0 Å². The molecule has 15 heavy (non-hydrogen) atoms. The average Bonchev–Trinajstić information content (AvgIpc) is 2.60. The molecule has 1 aromatic carbocycles. The standard InChI is InChI=1S/C11H10N2O2/c1-8-4-2-3-5-10(8)13-7-9(6-12)15-11(13)14/h2-5,9H,7H2,1H3. The Bertz CT molecular complexity index is 436. The molecule has 4 nitrogen and oxygen atoms in total. The van der Waals surface area contributed by atoms with E-state index in [4.69, 9.17) is 10.00 Å². The monoisotopic (exact) mass is 202 g/mol. The topological polar surface area (TPSA) is 53.3 Å². The van der Waals surface area contributed by atoms with Crippen LogP contribution in [0.15, 0.2) is 24.3 Å². The Morgan fingerprint density at radius 2 is 2.27 bits per heavy atom. The van der Waals surface area contributed by atoms with Crippen molar-refractivity contribution < 1.29 is 9.53 Å². The summed E-state index contributed by atoms with van der Waals surface area (Å²) in [6.07, 6.45) is -1.10. The maximum Gasteiger partial charge on any atom is 0.415 e. The second-order valence-electron chi connectivity index (χ2n) is 3.40. The van der Waals surface area contributed by atoms with Crippen LogP contribution in [0, 0.1) is 18.3 Å². The van der Waals surface area contributed by atoms with E-state index in [1.807, 2.05) is 37.3 Å². The number of carbonyl (C=O) groups excluding carboxylic acids is 1. The number of carbonyl (C=O) groups is 1. The van der Waals surface area contributed by atoms with Crippen LogP contribution < -0.4 is 4.90 Å². The fraction of sp³-hybridized carbons (Fsp3) is 0.273. The van der Waals surface area contributed by atoms with Gasteiger partial charge in [0.25, 0.3) is 0 Å². The van der Waals surface area contributed by atoms with Crippen molar-refractivity contribution in [2.24, 2.45) is 0 Å². The van der Waals surface area contributed by atoms with Crippen LogP contribution in [0.2, 0.25) is 0 Å². The zero-order valence-corrected chi connectivity index (χ0v) is 8.30. The third kappa shape index (κ3) is 1.64. The van der Waals surface area contributed by atoms with E-state index in [1.165, 1.54) is 4.90 Å². The minimum Gasteiger partial charge on any atom is -0.428 e. The molecule has 0 saturated carbocycles. The van der Waals surface area contributed by atoms with Crippen molar-refractivity contribution in [3.8, 4) is 6.07 Å². The van der Waals surface area contributed by atoms with Gasteiger partial charge in [-0.3, -0.25) is 4.90 Å². The molecule has 1 atom stereocenters. The van der Waals surface area contributed by atoms with E-state index < -0.39 is 12.2 Å². The summed E-state index contributed by atoms with van der Waals surface area (Å²) in [5.74, 6) is 0. The van der Waals surface area contributed by atoms with Crippen molar-refractivity contribution in [1.82, 2.24) is 0 Å². The summed E-state index contributed by atoms with van der Waals surface area (Å²) in [7, 11) is 0. The molecular weight excluding hydrogens is 192 g/mol. The SMILES string of the molecule is Cc1ccccc1N1CC(C#N)OC1=O. The van der Waals surface area contributed by atoms with Gasteiger partial charge in [0.05, 0.1) is 12.2 Å². The first-order chi connectivity index (χ1) is 7.22. The molecule has 0 bridgehead atoms. The highest BCUT2D eigenvalue weighted by Gasteiger charge is 2.32. The second kappa shape index (κ2) is 3.62. The zero-order chi connectivity index (χ0) is 10.8. The van der Waals surface area contributed by atoms with Crippen LogP contribution in [0.4, 0.5) is 10.5 Å². The average molecular weight is 202 g/mol. The number of aryl methyl sites for hydroxylation is 1. The van der Waals surface area contributed by atoms with E-state index in [-0.39, 0.29) is 0 Å². The van der Waals surface area contributed by atoms with Gasteiger partial charge in [-0.1, -0.05) is 18.2 Å². The molecule has 0 N–H and O–H groups in total. The molecule has 4 heteroatoms. The van der Waals surface area contributed by atoms with Gasteiger partial charge in [-0.05, 0) is 18.6 Å². The summed E-state index contributed by atoms with van der Waals surface area (Å²) in [4.78, 5) is 12.9. The number of nitrogens with zero attached hydrogens (tertiary/aromatic N) is 2. The number of para-hydroxylation sites is 1. The zero-order valence-electron chi connectivity index (χ0n) is 8.30. The van der Waals surface area contributed by atoms with Crippen LogP contribution >= 0.6 is 0 Å². The third-order valence-corrected chi connectivity index (χ3v) is 2.36. The number of cyclic esters (lactones) is 1. The fourth-order valence-corrected chi connectivity index (χ4v) is 1.59. The van der Waals surface area contributed by atoms with Crippen molar-refractivity contribution in [1.29, 1.82) is 5.26 Å². The number of hydrogen-bond acceptors (Lipinski definition) is 3. The molecule has 1 saturated heterocycles. The number of ether oxygens (including phenoxy) is 1. The summed E-state index contributed by atoms with van der Waals surface area (Å²) in [6.45, 7) is 2.22. The van der Waals surface area contributed by atoms with Gasteiger partial charge in [-0.25, -0.2) is 4.79 Å². The number of amides is 1. The highest BCUT2D eigenvalue weighted by molar-refractivity contribution is 5.90. The molecule has 0 spiro atoms. The number of hydrogen-bond donors (Lipinski definition) is 0. The lowest BCUT2D eigenvalue weighted by Gasteiger charge is -2.14. The van der Waals surface area contributed by atoms with Gasteiger partial charge in [-0.2, -0.15) is 5.26 Å². The van der Waals surface area contributed by atoms with Crippen LogP contribution in [-0.4, -0.2) is 18.7 Å². The highest BCUT2D eigenvalue weighted by atomic mass is 16.6. The summed E-state index contributed by atoms with van der Waals surface area (Å²) >= 11 is 0. The quantitative estimate of drug-likeness (QED) is 0.698. The lowest BCUT2D eigenvalue weighted by Crippen LogP contribution is -2.24. The third-order valence-electron chi connectivity index (χ3n) is 2.36. The maximum absolute atomic E-state index is 11.4. The second-order valence-corrected chi connectivity index (χ2v) is 3.40. The number of nitriles is 1. The molecule has 1 aliphatic rings. The van der Waals surface area contributed by atoms with Crippen LogP contribution in [0.3, 0.4) is 0 Å². The van der Waals surface area contributed by atoms with Gasteiger partial charge in [-0.15, -0.1) is 0 Å². The van der Waals surface area contributed by atoms with E-state index in [0.29, 0.717) is 6.54 Å². The molecule has 1 fully saturated rings. The van der Waals surface area contributed by atoms with Crippen molar-refractivity contribution in [3.05, 3.63) is 29.8 Å². The Balaban J connectivity index is 2.30. The lowest BCUT2D eigenvalue weighted by molar-refractivity contribution is 0.162. The number of rotatable bonds is 1. The number of benzene rings is 1. The molecule has 2 rings (SSSR count). The molecule has 0 aromatic heterocycles. The first-order valence-corrected chi connectivity index (χ1v) is 4.66. The van der Waals surface area contributed by atoms with Gasteiger partial charge in [0.1, 0.15) is 6.07 Å². The van der Waals surface area contributed by atoms with Crippen LogP contribution in [-0.2, 0) is 4.74 Å². The lowest BCUT2D eigenvalue weighted by atomic mass is 10.2. The fourth-order valence-electron chi connectivity index (χ4n) is 1.59. The molecule has 1 aromatic rings. The van der Waals surface area contributed by atoms with E-state index in [2.05, 4.69) is 0 Å². The Kier molecular flexibility index (Phi) is 2.30.